The predicted molar refractivity (Wildman–Crippen MR) is 65.8 cm³/mol. The largest absolute Gasteiger partial charge is 0.453 e. The van der Waals surface area contributed by atoms with Gasteiger partial charge in [-0.1, -0.05) is 0 Å². The third kappa shape index (κ3) is 4.07. The van der Waals surface area contributed by atoms with Crippen molar-refractivity contribution < 1.29 is 4.42 Å². The molecule has 1 unspecified atom stereocenters. The van der Waals surface area contributed by atoms with E-state index in [0.29, 0.717) is 6.04 Å². The summed E-state index contributed by atoms with van der Waals surface area (Å²) in [6.45, 7) is 3.16. The van der Waals surface area contributed by atoms with Gasteiger partial charge in [-0.3, -0.25) is 0 Å². The van der Waals surface area contributed by atoms with E-state index in [4.69, 9.17) is 4.42 Å². The summed E-state index contributed by atoms with van der Waals surface area (Å²) in [5.41, 5.74) is 0. The van der Waals surface area contributed by atoms with Crippen molar-refractivity contribution in [2.75, 3.05) is 18.6 Å². The molecule has 0 aromatic carbocycles. The second kappa shape index (κ2) is 6.53. The Kier molecular flexibility index (Phi) is 5.67. The zero-order chi connectivity index (χ0) is 10.4. The summed E-state index contributed by atoms with van der Waals surface area (Å²) in [7, 11) is 0. The Bertz CT molecular complexity index is 264. The molecule has 0 aliphatic rings. The molecule has 0 radical (unpaired) electrons. The summed E-state index contributed by atoms with van der Waals surface area (Å²) >= 11 is 5.18. The lowest BCUT2D eigenvalue weighted by Gasteiger charge is -2.10. The first-order chi connectivity index (χ1) is 6.74. The number of halogens is 1. The topological polar surface area (TPSA) is 25.2 Å². The molecule has 1 aromatic rings. The van der Waals surface area contributed by atoms with Crippen LogP contribution in [0.25, 0.3) is 0 Å². The first kappa shape index (κ1) is 12.1. The van der Waals surface area contributed by atoms with Crippen LogP contribution < -0.4 is 5.32 Å². The molecule has 1 aromatic heterocycles. The fourth-order valence-electron chi connectivity index (χ4n) is 1.20. The van der Waals surface area contributed by atoms with Crippen LogP contribution in [0.2, 0.25) is 0 Å². The van der Waals surface area contributed by atoms with Crippen LogP contribution in [-0.4, -0.2) is 18.6 Å². The minimum Gasteiger partial charge on any atom is -0.453 e. The summed E-state index contributed by atoms with van der Waals surface area (Å²) < 4.78 is 6.25. The molecule has 0 spiro atoms. The molecule has 1 rings (SSSR count). The van der Waals surface area contributed by atoms with Gasteiger partial charge >= 0.3 is 0 Å². The van der Waals surface area contributed by atoms with Crippen molar-refractivity contribution in [1.29, 1.82) is 0 Å². The summed E-state index contributed by atoms with van der Waals surface area (Å²) in [4.78, 5) is 0. The maximum Gasteiger partial charge on any atom is 0.169 e. The smallest absolute Gasteiger partial charge is 0.169 e. The van der Waals surface area contributed by atoms with Gasteiger partial charge < -0.3 is 9.73 Å². The second-order valence-corrected chi connectivity index (χ2v) is 4.93. The van der Waals surface area contributed by atoms with Crippen molar-refractivity contribution in [3.63, 3.8) is 0 Å². The summed E-state index contributed by atoms with van der Waals surface area (Å²) in [5, 5.41) is 3.42. The lowest BCUT2D eigenvalue weighted by Crippen LogP contribution is -2.19. The molecule has 14 heavy (non-hydrogen) atoms. The number of rotatable bonds is 6. The third-order valence-electron chi connectivity index (χ3n) is 2.00. The Balaban J connectivity index is 2.25. The van der Waals surface area contributed by atoms with Crippen LogP contribution in [0.4, 0.5) is 0 Å². The van der Waals surface area contributed by atoms with Gasteiger partial charge in [-0.15, -0.1) is 0 Å². The van der Waals surface area contributed by atoms with E-state index in [1.165, 1.54) is 12.2 Å². The Labute approximate surface area is 98.0 Å². The monoisotopic (exact) mass is 277 g/mol. The molecule has 0 saturated heterocycles. The molecule has 0 aliphatic heterocycles. The number of nitrogens with one attached hydrogen (secondary N) is 1. The van der Waals surface area contributed by atoms with Crippen molar-refractivity contribution in [2.45, 2.75) is 19.4 Å². The zero-order valence-corrected chi connectivity index (χ0v) is 11.0. The van der Waals surface area contributed by atoms with E-state index in [1.807, 2.05) is 23.9 Å². The van der Waals surface area contributed by atoms with Gasteiger partial charge in [-0.2, -0.15) is 11.8 Å². The molecule has 4 heteroatoms. The average Bonchev–Trinajstić information content (AvgIpc) is 2.59. The highest BCUT2D eigenvalue weighted by molar-refractivity contribution is 9.10. The van der Waals surface area contributed by atoms with Crippen LogP contribution in [0.5, 0.6) is 0 Å². The first-order valence-electron chi connectivity index (χ1n) is 4.71. The highest BCUT2D eigenvalue weighted by atomic mass is 79.9. The van der Waals surface area contributed by atoms with E-state index in [0.717, 1.165) is 17.0 Å². The van der Waals surface area contributed by atoms with Crippen molar-refractivity contribution in [1.82, 2.24) is 5.32 Å². The average molecular weight is 278 g/mol. The maximum atomic E-state index is 5.45. The number of thioether (sulfide) groups is 1. The van der Waals surface area contributed by atoms with Crippen LogP contribution >= 0.6 is 27.7 Å². The van der Waals surface area contributed by atoms with E-state index in [2.05, 4.69) is 34.4 Å². The normalized spacial score (nSPS) is 13.1. The standard InChI is InChI=1S/C10H16BrNOS/c1-8(12-6-3-7-14-2)9-4-5-10(11)13-9/h4-5,8,12H,3,6-7H2,1-2H3. The minimum absolute atomic E-state index is 0.295. The Hall–Kier alpha value is 0.0700. The van der Waals surface area contributed by atoms with Gasteiger partial charge in [0, 0.05) is 0 Å². The van der Waals surface area contributed by atoms with Crippen LogP contribution in [0.3, 0.4) is 0 Å². The number of hydrogen-bond donors (Lipinski definition) is 1. The van der Waals surface area contributed by atoms with Gasteiger partial charge in [0.05, 0.1) is 6.04 Å². The van der Waals surface area contributed by atoms with E-state index >= 15 is 0 Å². The third-order valence-corrected chi connectivity index (χ3v) is 3.12. The Morgan fingerprint density at radius 2 is 2.36 bits per heavy atom. The van der Waals surface area contributed by atoms with Crippen molar-refractivity contribution in [3.05, 3.63) is 22.6 Å². The molecular weight excluding hydrogens is 262 g/mol. The van der Waals surface area contributed by atoms with Gasteiger partial charge in [0.25, 0.3) is 0 Å². The quantitative estimate of drug-likeness (QED) is 0.807. The van der Waals surface area contributed by atoms with Crippen molar-refractivity contribution in [3.8, 4) is 0 Å². The molecule has 1 atom stereocenters. The molecule has 0 aliphatic carbocycles. The highest BCUT2D eigenvalue weighted by Crippen LogP contribution is 2.19. The first-order valence-corrected chi connectivity index (χ1v) is 6.90. The lowest BCUT2D eigenvalue weighted by atomic mass is 10.2. The highest BCUT2D eigenvalue weighted by Gasteiger charge is 2.07. The van der Waals surface area contributed by atoms with Crippen LogP contribution in [0.15, 0.2) is 21.2 Å². The van der Waals surface area contributed by atoms with E-state index in [-0.39, 0.29) is 0 Å². The molecule has 2 nitrogen and oxygen atoms in total. The SMILES string of the molecule is CSCCCNC(C)c1ccc(Br)o1. The molecule has 0 amide bonds. The molecule has 80 valence electrons. The van der Waals surface area contributed by atoms with E-state index in [9.17, 15) is 0 Å². The molecule has 0 saturated carbocycles. The van der Waals surface area contributed by atoms with E-state index < -0.39 is 0 Å². The van der Waals surface area contributed by atoms with Crippen molar-refractivity contribution in [2.24, 2.45) is 0 Å². The van der Waals surface area contributed by atoms with Gasteiger partial charge in [0.1, 0.15) is 5.76 Å². The second-order valence-electron chi connectivity index (χ2n) is 3.16. The Morgan fingerprint density at radius 1 is 1.57 bits per heavy atom. The van der Waals surface area contributed by atoms with Crippen LogP contribution in [-0.2, 0) is 0 Å². The summed E-state index contributed by atoms with van der Waals surface area (Å²) in [5.74, 6) is 2.20. The number of furan rings is 1. The van der Waals surface area contributed by atoms with Crippen LogP contribution in [0, 0.1) is 0 Å². The molecule has 1 heterocycles. The molecule has 0 fully saturated rings. The molecule has 0 bridgehead atoms. The van der Waals surface area contributed by atoms with Gasteiger partial charge in [-0.25, -0.2) is 0 Å². The maximum absolute atomic E-state index is 5.45. The fraction of sp³-hybridized carbons (Fsp3) is 0.600. The minimum atomic E-state index is 0.295. The fourth-order valence-corrected chi connectivity index (χ4v) is 1.95. The lowest BCUT2D eigenvalue weighted by molar-refractivity contribution is 0.419. The van der Waals surface area contributed by atoms with Crippen molar-refractivity contribution >= 4 is 27.7 Å². The van der Waals surface area contributed by atoms with Crippen LogP contribution in [0.1, 0.15) is 25.1 Å². The van der Waals surface area contributed by atoms with Gasteiger partial charge in [0.2, 0.25) is 0 Å². The molecular formula is C10H16BrNOS. The Morgan fingerprint density at radius 3 is 2.93 bits per heavy atom. The predicted octanol–water partition coefficient (Wildman–Crippen LogP) is 3.45. The zero-order valence-electron chi connectivity index (χ0n) is 8.55. The molecule has 1 N–H and O–H groups in total. The summed E-state index contributed by atoms with van der Waals surface area (Å²) in [6, 6.07) is 4.22. The van der Waals surface area contributed by atoms with Gasteiger partial charge in [-0.05, 0) is 60.0 Å². The van der Waals surface area contributed by atoms with Gasteiger partial charge in [0.15, 0.2) is 4.67 Å². The number of hydrogen-bond acceptors (Lipinski definition) is 3. The van der Waals surface area contributed by atoms with E-state index in [1.54, 1.807) is 0 Å². The summed E-state index contributed by atoms with van der Waals surface area (Å²) in [6.07, 6.45) is 3.33.